The summed E-state index contributed by atoms with van der Waals surface area (Å²) in [5, 5.41) is 8.48. The molecule has 0 saturated carbocycles. The van der Waals surface area contributed by atoms with Gasteiger partial charge >= 0.3 is 0 Å². The number of hydrogen-bond donors (Lipinski definition) is 0. The number of nitrogens with zero attached hydrogens (tertiary/aromatic N) is 1. The third-order valence-corrected chi connectivity index (χ3v) is 2.68. The van der Waals surface area contributed by atoms with Crippen LogP contribution in [0.3, 0.4) is 0 Å². The van der Waals surface area contributed by atoms with E-state index in [0.29, 0.717) is 6.42 Å². The molecule has 1 aromatic carbocycles. The molecule has 0 amide bonds. The first-order chi connectivity index (χ1) is 7.69. The summed E-state index contributed by atoms with van der Waals surface area (Å²) in [5.74, 6) is 1.00. The molecule has 0 fully saturated rings. The van der Waals surface area contributed by atoms with E-state index in [9.17, 15) is 0 Å². The van der Waals surface area contributed by atoms with Crippen LogP contribution < -0.4 is 4.74 Å². The van der Waals surface area contributed by atoms with Crippen LogP contribution in [0.2, 0.25) is 0 Å². The van der Waals surface area contributed by atoms with E-state index in [1.54, 1.807) is 7.11 Å². The minimum Gasteiger partial charge on any atom is -0.496 e. The summed E-state index contributed by atoms with van der Waals surface area (Å²) in [6, 6.07) is 6.49. The summed E-state index contributed by atoms with van der Waals surface area (Å²) < 4.78 is 5.42. The molecule has 0 N–H and O–H groups in total. The van der Waals surface area contributed by atoms with Crippen molar-refractivity contribution in [3.05, 3.63) is 28.8 Å². The van der Waals surface area contributed by atoms with Crippen LogP contribution in [0, 0.1) is 25.2 Å². The van der Waals surface area contributed by atoms with Crippen LogP contribution in [0.25, 0.3) is 0 Å². The zero-order valence-electron chi connectivity index (χ0n) is 10.3. The number of methoxy groups -OCH3 is 1. The summed E-state index contributed by atoms with van der Waals surface area (Å²) in [6.07, 6.45) is 3.65. The Hall–Kier alpha value is -1.49. The normalized spacial score (nSPS) is 9.88. The Morgan fingerprint density at radius 3 is 2.62 bits per heavy atom. The molecule has 0 bridgehead atoms. The number of aryl methyl sites for hydroxylation is 3. The number of rotatable bonds is 5. The lowest BCUT2D eigenvalue weighted by Crippen LogP contribution is -1.96. The van der Waals surface area contributed by atoms with Crippen LogP contribution in [-0.4, -0.2) is 7.11 Å². The van der Waals surface area contributed by atoms with Gasteiger partial charge in [-0.05, 0) is 44.2 Å². The largest absolute Gasteiger partial charge is 0.496 e. The highest BCUT2D eigenvalue weighted by Crippen LogP contribution is 2.26. The number of benzene rings is 1. The maximum atomic E-state index is 8.48. The molecule has 0 spiro atoms. The van der Waals surface area contributed by atoms with E-state index in [-0.39, 0.29) is 0 Å². The number of nitriles is 1. The maximum Gasteiger partial charge on any atom is 0.124 e. The fourth-order valence-corrected chi connectivity index (χ4v) is 2.04. The summed E-state index contributed by atoms with van der Waals surface area (Å²) in [5.41, 5.74) is 3.73. The maximum absolute atomic E-state index is 8.48. The van der Waals surface area contributed by atoms with Gasteiger partial charge in [0.05, 0.1) is 13.2 Å². The molecule has 0 heterocycles. The highest BCUT2D eigenvalue weighted by atomic mass is 16.5. The van der Waals surface area contributed by atoms with Gasteiger partial charge in [0.15, 0.2) is 0 Å². The first kappa shape index (κ1) is 12.6. The molecule has 1 rings (SSSR count). The van der Waals surface area contributed by atoms with Crippen molar-refractivity contribution in [1.82, 2.24) is 0 Å². The van der Waals surface area contributed by atoms with Crippen molar-refractivity contribution < 1.29 is 4.74 Å². The predicted octanol–water partition coefficient (Wildman–Crippen LogP) is 3.55. The quantitative estimate of drug-likeness (QED) is 0.707. The molecule has 0 aliphatic rings. The van der Waals surface area contributed by atoms with Crippen LogP contribution in [0.5, 0.6) is 5.75 Å². The van der Waals surface area contributed by atoms with Crippen LogP contribution in [-0.2, 0) is 6.42 Å². The fourth-order valence-electron chi connectivity index (χ4n) is 2.04. The molecule has 0 unspecified atom stereocenters. The Balaban J connectivity index is 2.74. The van der Waals surface area contributed by atoms with E-state index in [1.165, 1.54) is 16.7 Å². The second-order valence-electron chi connectivity index (χ2n) is 4.14. The van der Waals surface area contributed by atoms with E-state index in [4.69, 9.17) is 10.00 Å². The highest BCUT2D eigenvalue weighted by molar-refractivity contribution is 5.43. The van der Waals surface area contributed by atoms with Gasteiger partial charge in [-0.3, -0.25) is 0 Å². The molecule has 0 aliphatic carbocycles. The predicted molar refractivity (Wildman–Crippen MR) is 65.6 cm³/mol. The van der Waals surface area contributed by atoms with Crippen molar-refractivity contribution in [2.75, 3.05) is 7.11 Å². The average molecular weight is 217 g/mol. The van der Waals surface area contributed by atoms with Gasteiger partial charge in [-0.15, -0.1) is 0 Å². The van der Waals surface area contributed by atoms with Crippen molar-refractivity contribution >= 4 is 0 Å². The molecular formula is C14H19NO. The molecule has 0 saturated heterocycles. The topological polar surface area (TPSA) is 33.0 Å². The van der Waals surface area contributed by atoms with Gasteiger partial charge in [0.25, 0.3) is 0 Å². The first-order valence-electron chi connectivity index (χ1n) is 5.70. The SMILES string of the molecule is COc1c(C)cc(C)cc1CCCCC#N. The molecular weight excluding hydrogens is 198 g/mol. The Morgan fingerprint density at radius 1 is 1.25 bits per heavy atom. The fraction of sp³-hybridized carbons (Fsp3) is 0.500. The lowest BCUT2D eigenvalue weighted by Gasteiger charge is -2.12. The molecule has 86 valence electrons. The number of ether oxygens (including phenoxy) is 1. The Labute approximate surface area is 97.9 Å². The van der Waals surface area contributed by atoms with Crippen LogP contribution in [0.15, 0.2) is 12.1 Å². The van der Waals surface area contributed by atoms with E-state index in [0.717, 1.165) is 25.0 Å². The van der Waals surface area contributed by atoms with E-state index >= 15 is 0 Å². The van der Waals surface area contributed by atoms with Gasteiger partial charge < -0.3 is 4.74 Å². The summed E-state index contributed by atoms with van der Waals surface area (Å²) in [6.45, 7) is 4.18. The van der Waals surface area contributed by atoms with Gasteiger partial charge in [-0.25, -0.2) is 0 Å². The zero-order chi connectivity index (χ0) is 12.0. The second-order valence-corrected chi connectivity index (χ2v) is 4.14. The number of hydrogen-bond acceptors (Lipinski definition) is 2. The minimum absolute atomic E-state index is 0.646. The standard InChI is InChI=1S/C14H19NO/c1-11-9-12(2)14(16-3)13(10-11)7-5-4-6-8-15/h9-10H,4-7H2,1-3H3. The van der Waals surface area contributed by atoms with E-state index in [1.807, 2.05) is 0 Å². The van der Waals surface area contributed by atoms with Gasteiger partial charge in [0.1, 0.15) is 5.75 Å². The molecule has 1 aromatic rings. The van der Waals surface area contributed by atoms with Gasteiger partial charge in [0.2, 0.25) is 0 Å². The molecule has 0 radical (unpaired) electrons. The van der Waals surface area contributed by atoms with Crippen molar-refractivity contribution in [2.24, 2.45) is 0 Å². The first-order valence-corrected chi connectivity index (χ1v) is 5.70. The van der Waals surface area contributed by atoms with Crippen molar-refractivity contribution in [2.45, 2.75) is 39.5 Å². The highest BCUT2D eigenvalue weighted by Gasteiger charge is 2.06. The molecule has 0 aliphatic heterocycles. The second kappa shape index (κ2) is 6.17. The van der Waals surface area contributed by atoms with Gasteiger partial charge in [0, 0.05) is 6.42 Å². The lowest BCUT2D eigenvalue weighted by atomic mass is 10.0. The van der Waals surface area contributed by atoms with E-state index < -0.39 is 0 Å². The summed E-state index contributed by atoms with van der Waals surface area (Å²) >= 11 is 0. The smallest absolute Gasteiger partial charge is 0.124 e. The Bertz CT molecular complexity index is 390. The molecule has 0 aromatic heterocycles. The van der Waals surface area contributed by atoms with Crippen molar-refractivity contribution in [1.29, 1.82) is 5.26 Å². The van der Waals surface area contributed by atoms with Crippen molar-refractivity contribution in [3.63, 3.8) is 0 Å². The minimum atomic E-state index is 0.646. The zero-order valence-corrected chi connectivity index (χ0v) is 10.3. The van der Waals surface area contributed by atoms with Crippen LogP contribution >= 0.6 is 0 Å². The third-order valence-electron chi connectivity index (χ3n) is 2.68. The third kappa shape index (κ3) is 3.27. The van der Waals surface area contributed by atoms with Crippen LogP contribution in [0.4, 0.5) is 0 Å². The lowest BCUT2D eigenvalue weighted by molar-refractivity contribution is 0.405. The Kier molecular flexibility index (Phi) is 4.85. The van der Waals surface area contributed by atoms with E-state index in [2.05, 4.69) is 32.0 Å². The summed E-state index contributed by atoms with van der Waals surface area (Å²) in [7, 11) is 1.72. The number of unbranched alkanes of at least 4 members (excludes halogenated alkanes) is 2. The average Bonchev–Trinajstić information content (AvgIpc) is 2.24. The summed E-state index contributed by atoms with van der Waals surface area (Å²) in [4.78, 5) is 0. The molecule has 2 heteroatoms. The molecule has 0 atom stereocenters. The Morgan fingerprint density at radius 2 is 2.00 bits per heavy atom. The van der Waals surface area contributed by atoms with Gasteiger partial charge in [-0.2, -0.15) is 5.26 Å². The monoisotopic (exact) mass is 217 g/mol. The van der Waals surface area contributed by atoms with Crippen molar-refractivity contribution in [3.8, 4) is 11.8 Å². The van der Waals surface area contributed by atoms with Crippen LogP contribution in [0.1, 0.15) is 36.0 Å². The van der Waals surface area contributed by atoms with Gasteiger partial charge in [-0.1, -0.05) is 17.7 Å². The molecule has 2 nitrogen and oxygen atoms in total. The molecule has 16 heavy (non-hydrogen) atoms.